The van der Waals surface area contributed by atoms with Gasteiger partial charge in [0.1, 0.15) is 5.75 Å². The Morgan fingerprint density at radius 2 is 2.21 bits per heavy atom. The summed E-state index contributed by atoms with van der Waals surface area (Å²) < 4.78 is 5.66. The standard InChI is InChI=1S/C15H22N2O2/c1-3-11(2)14(16)15(18)17-9-6-10-19-13-8-5-4-7-12(13)17/h4-5,7-8,11,14H,3,6,9-10,16H2,1-2H3. The number of carbonyl (C=O) groups excluding carboxylic acids is 1. The van der Waals surface area contributed by atoms with Crippen LogP contribution in [0.5, 0.6) is 5.75 Å². The molecule has 2 N–H and O–H groups in total. The van der Waals surface area contributed by atoms with E-state index in [0.29, 0.717) is 13.2 Å². The third-order valence-electron chi connectivity index (χ3n) is 3.75. The summed E-state index contributed by atoms with van der Waals surface area (Å²) in [6.07, 6.45) is 1.73. The maximum atomic E-state index is 12.6. The van der Waals surface area contributed by atoms with Gasteiger partial charge in [-0.15, -0.1) is 0 Å². The minimum Gasteiger partial charge on any atom is -0.491 e. The van der Waals surface area contributed by atoms with Crippen molar-refractivity contribution < 1.29 is 9.53 Å². The molecule has 2 unspecified atom stereocenters. The van der Waals surface area contributed by atoms with Gasteiger partial charge in [0.2, 0.25) is 5.91 Å². The van der Waals surface area contributed by atoms with Crippen molar-refractivity contribution in [2.24, 2.45) is 11.7 Å². The predicted octanol–water partition coefficient (Wildman–Crippen LogP) is 2.18. The Hall–Kier alpha value is -1.55. The fourth-order valence-corrected chi connectivity index (χ4v) is 2.23. The van der Waals surface area contributed by atoms with Gasteiger partial charge in [-0.05, 0) is 24.5 Å². The van der Waals surface area contributed by atoms with Gasteiger partial charge in [-0.25, -0.2) is 0 Å². The predicted molar refractivity (Wildman–Crippen MR) is 76.3 cm³/mol. The van der Waals surface area contributed by atoms with Crippen molar-refractivity contribution in [1.29, 1.82) is 0 Å². The Labute approximate surface area is 114 Å². The van der Waals surface area contributed by atoms with Crippen molar-refractivity contribution >= 4 is 11.6 Å². The summed E-state index contributed by atoms with van der Waals surface area (Å²) in [5.74, 6) is 0.945. The molecule has 0 radical (unpaired) electrons. The summed E-state index contributed by atoms with van der Waals surface area (Å²) in [5.41, 5.74) is 6.92. The van der Waals surface area contributed by atoms with Gasteiger partial charge in [-0.1, -0.05) is 32.4 Å². The second-order valence-electron chi connectivity index (χ2n) is 5.07. The van der Waals surface area contributed by atoms with Crippen molar-refractivity contribution in [3.05, 3.63) is 24.3 Å². The Morgan fingerprint density at radius 1 is 1.47 bits per heavy atom. The highest BCUT2D eigenvalue weighted by Gasteiger charge is 2.28. The van der Waals surface area contributed by atoms with Gasteiger partial charge in [0, 0.05) is 6.54 Å². The first-order chi connectivity index (χ1) is 9.15. The summed E-state index contributed by atoms with van der Waals surface area (Å²) in [5, 5.41) is 0. The van der Waals surface area contributed by atoms with Crippen molar-refractivity contribution in [2.45, 2.75) is 32.7 Å². The second-order valence-corrected chi connectivity index (χ2v) is 5.07. The van der Waals surface area contributed by atoms with Gasteiger partial charge in [0.25, 0.3) is 0 Å². The van der Waals surface area contributed by atoms with Crippen LogP contribution in [0.3, 0.4) is 0 Å². The molecule has 0 aromatic heterocycles. The van der Waals surface area contributed by atoms with E-state index >= 15 is 0 Å². The van der Waals surface area contributed by atoms with Crippen molar-refractivity contribution in [3.8, 4) is 5.75 Å². The molecule has 0 spiro atoms. The van der Waals surface area contributed by atoms with Crippen LogP contribution in [-0.4, -0.2) is 25.1 Å². The summed E-state index contributed by atoms with van der Waals surface area (Å²) >= 11 is 0. The average molecular weight is 262 g/mol. The Bertz CT molecular complexity index is 448. The molecule has 2 atom stereocenters. The zero-order valence-corrected chi connectivity index (χ0v) is 11.6. The minimum atomic E-state index is -0.448. The molecule has 1 amide bonds. The van der Waals surface area contributed by atoms with E-state index in [1.807, 2.05) is 31.2 Å². The smallest absolute Gasteiger partial charge is 0.244 e. The van der Waals surface area contributed by atoms with E-state index in [0.717, 1.165) is 24.3 Å². The largest absolute Gasteiger partial charge is 0.491 e. The molecule has 0 saturated heterocycles. The molecule has 1 aromatic carbocycles. The zero-order chi connectivity index (χ0) is 13.8. The lowest BCUT2D eigenvalue weighted by Crippen LogP contribution is -2.47. The number of hydrogen-bond donors (Lipinski definition) is 1. The Kier molecular flexibility index (Phi) is 4.43. The first kappa shape index (κ1) is 13.9. The van der Waals surface area contributed by atoms with E-state index in [2.05, 4.69) is 6.92 Å². The molecule has 0 bridgehead atoms. The molecule has 104 valence electrons. The number of ether oxygens (including phenoxy) is 1. The van der Waals surface area contributed by atoms with E-state index in [-0.39, 0.29) is 11.8 Å². The maximum Gasteiger partial charge on any atom is 0.244 e. The zero-order valence-electron chi connectivity index (χ0n) is 11.6. The lowest BCUT2D eigenvalue weighted by molar-refractivity contribution is -0.120. The van der Waals surface area contributed by atoms with Crippen LogP contribution in [0.4, 0.5) is 5.69 Å². The van der Waals surface area contributed by atoms with Gasteiger partial charge < -0.3 is 15.4 Å². The molecular formula is C15H22N2O2. The number of benzene rings is 1. The van der Waals surface area contributed by atoms with E-state index in [9.17, 15) is 4.79 Å². The maximum absolute atomic E-state index is 12.6. The molecule has 1 heterocycles. The molecule has 0 saturated carbocycles. The van der Waals surface area contributed by atoms with Crippen molar-refractivity contribution in [2.75, 3.05) is 18.1 Å². The molecule has 2 rings (SSSR count). The van der Waals surface area contributed by atoms with Gasteiger partial charge in [-0.2, -0.15) is 0 Å². The number of hydrogen-bond acceptors (Lipinski definition) is 3. The number of nitrogens with two attached hydrogens (primary N) is 1. The van der Waals surface area contributed by atoms with E-state index in [4.69, 9.17) is 10.5 Å². The van der Waals surface area contributed by atoms with Crippen LogP contribution in [0.25, 0.3) is 0 Å². The summed E-state index contributed by atoms with van der Waals surface area (Å²) in [6.45, 7) is 5.37. The van der Waals surface area contributed by atoms with Crippen molar-refractivity contribution in [3.63, 3.8) is 0 Å². The fourth-order valence-electron chi connectivity index (χ4n) is 2.23. The highest BCUT2D eigenvalue weighted by Crippen LogP contribution is 2.31. The van der Waals surface area contributed by atoms with E-state index in [1.54, 1.807) is 4.90 Å². The van der Waals surface area contributed by atoms with Crippen LogP contribution in [0.1, 0.15) is 26.7 Å². The first-order valence-corrected chi connectivity index (χ1v) is 6.94. The average Bonchev–Trinajstić information content (AvgIpc) is 2.67. The number of carbonyl (C=O) groups is 1. The van der Waals surface area contributed by atoms with Crippen LogP contribution < -0.4 is 15.4 Å². The second kappa shape index (κ2) is 6.06. The van der Waals surface area contributed by atoms with E-state index < -0.39 is 6.04 Å². The van der Waals surface area contributed by atoms with Gasteiger partial charge in [0.05, 0.1) is 18.3 Å². The number of fused-ring (bicyclic) bond motifs is 1. The van der Waals surface area contributed by atoms with Gasteiger partial charge in [0.15, 0.2) is 0 Å². The third-order valence-corrected chi connectivity index (χ3v) is 3.75. The molecule has 1 aromatic rings. The fraction of sp³-hybridized carbons (Fsp3) is 0.533. The highest BCUT2D eigenvalue weighted by molar-refractivity contribution is 5.98. The molecule has 4 nitrogen and oxygen atoms in total. The lowest BCUT2D eigenvalue weighted by atomic mass is 9.98. The van der Waals surface area contributed by atoms with Gasteiger partial charge in [-0.3, -0.25) is 4.79 Å². The summed E-state index contributed by atoms with van der Waals surface area (Å²) in [7, 11) is 0. The molecule has 19 heavy (non-hydrogen) atoms. The molecule has 4 heteroatoms. The molecule has 0 fully saturated rings. The van der Waals surface area contributed by atoms with Crippen LogP contribution in [0.2, 0.25) is 0 Å². The molecule has 0 aliphatic carbocycles. The number of anilines is 1. The normalized spacial score (nSPS) is 17.9. The highest BCUT2D eigenvalue weighted by atomic mass is 16.5. The number of nitrogens with zero attached hydrogens (tertiary/aromatic N) is 1. The van der Waals surface area contributed by atoms with Crippen LogP contribution in [-0.2, 0) is 4.79 Å². The van der Waals surface area contributed by atoms with Crippen LogP contribution in [0, 0.1) is 5.92 Å². The van der Waals surface area contributed by atoms with E-state index in [1.165, 1.54) is 0 Å². The molecular weight excluding hydrogens is 240 g/mol. The quantitative estimate of drug-likeness (QED) is 0.908. The topological polar surface area (TPSA) is 55.6 Å². The number of amides is 1. The Balaban J connectivity index is 2.26. The van der Waals surface area contributed by atoms with Gasteiger partial charge >= 0.3 is 0 Å². The Morgan fingerprint density at radius 3 is 2.95 bits per heavy atom. The minimum absolute atomic E-state index is 0.00713. The molecule has 1 aliphatic rings. The van der Waals surface area contributed by atoms with Crippen molar-refractivity contribution in [1.82, 2.24) is 0 Å². The summed E-state index contributed by atoms with van der Waals surface area (Å²) in [4.78, 5) is 14.3. The van der Waals surface area contributed by atoms with Crippen LogP contribution in [0.15, 0.2) is 24.3 Å². The number of rotatable bonds is 3. The molecule has 1 aliphatic heterocycles. The third kappa shape index (κ3) is 2.89. The SMILES string of the molecule is CCC(C)C(N)C(=O)N1CCCOc2ccccc21. The monoisotopic (exact) mass is 262 g/mol. The number of para-hydroxylation sites is 2. The summed E-state index contributed by atoms with van der Waals surface area (Å²) in [6, 6.07) is 7.21. The van der Waals surface area contributed by atoms with Crippen LogP contribution >= 0.6 is 0 Å². The first-order valence-electron chi connectivity index (χ1n) is 6.94. The lowest BCUT2D eigenvalue weighted by Gasteiger charge is -2.27.